The molecule has 1 aromatic heterocycles. The van der Waals surface area contributed by atoms with Crippen LogP contribution in [0.2, 0.25) is 0 Å². The number of hydrogen-bond acceptors (Lipinski definition) is 5. The minimum Gasteiger partial charge on any atom is -0.486 e. The van der Waals surface area contributed by atoms with Crippen LogP contribution in [0.4, 0.5) is 0 Å². The molecule has 0 aliphatic carbocycles. The second-order valence-corrected chi connectivity index (χ2v) is 7.54. The SMILES string of the molecule is O=c1ncc(-c2ccc(CN3CCC[C@@H]3c3ccc4c(c3)OCCO4)cc2)c[nH]1. The average Bonchev–Trinajstić information content (AvgIpc) is 3.23. The largest absolute Gasteiger partial charge is 0.486 e. The Morgan fingerprint density at radius 1 is 1.03 bits per heavy atom. The molecule has 0 unspecified atom stereocenters. The maximum absolute atomic E-state index is 11.1. The van der Waals surface area contributed by atoms with Gasteiger partial charge in [0.05, 0.1) is 0 Å². The Hall–Kier alpha value is -3.12. The first-order valence-electron chi connectivity index (χ1n) is 10.0. The number of fused-ring (bicyclic) bond motifs is 1. The topological polar surface area (TPSA) is 67.5 Å². The van der Waals surface area contributed by atoms with E-state index >= 15 is 0 Å². The van der Waals surface area contributed by atoms with Crippen molar-refractivity contribution in [3.63, 3.8) is 0 Å². The van der Waals surface area contributed by atoms with Gasteiger partial charge in [-0.15, -0.1) is 0 Å². The molecule has 6 heteroatoms. The number of nitrogens with zero attached hydrogens (tertiary/aromatic N) is 2. The molecule has 2 aromatic carbocycles. The van der Waals surface area contributed by atoms with Crippen molar-refractivity contribution >= 4 is 0 Å². The van der Waals surface area contributed by atoms with Crippen LogP contribution < -0.4 is 15.2 Å². The van der Waals surface area contributed by atoms with E-state index in [9.17, 15) is 4.79 Å². The van der Waals surface area contributed by atoms with E-state index in [1.54, 1.807) is 12.4 Å². The van der Waals surface area contributed by atoms with E-state index in [4.69, 9.17) is 9.47 Å². The maximum Gasteiger partial charge on any atom is 0.344 e. The number of aromatic nitrogens is 2. The van der Waals surface area contributed by atoms with Gasteiger partial charge < -0.3 is 14.5 Å². The molecule has 1 saturated heterocycles. The molecule has 3 heterocycles. The Morgan fingerprint density at radius 3 is 2.66 bits per heavy atom. The molecule has 2 aliphatic rings. The van der Waals surface area contributed by atoms with Gasteiger partial charge in [0.1, 0.15) is 13.2 Å². The van der Waals surface area contributed by atoms with Gasteiger partial charge in [0.2, 0.25) is 0 Å². The van der Waals surface area contributed by atoms with Crippen molar-refractivity contribution in [2.75, 3.05) is 19.8 Å². The summed E-state index contributed by atoms with van der Waals surface area (Å²) in [6.07, 6.45) is 5.65. The molecule has 6 nitrogen and oxygen atoms in total. The third-order valence-corrected chi connectivity index (χ3v) is 5.66. The van der Waals surface area contributed by atoms with Crippen LogP contribution in [0.3, 0.4) is 0 Å². The molecule has 0 spiro atoms. The molecule has 148 valence electrons. The second kappa shape index (κ2) is 7.72. The fourth-order valence-corrected chi connectivity index (χ4v) is 4.20. The molecule has 29 heavy (non-hydrogen) atoms. The number of aromatic amines is 1. The third-order valence-electron chi connectivity index (χ3n) is 5.66. The predicted molar refractivity (Wildman–Crippen MR) is 110 cm³/mol. The number of nitrogens with one attached hydrogen (secondary N) is 1. The van der Waals surface area contributed by atoms with Gasteiger partial charge >= 0.3 is 5.69 Å². The monoisotopic (exact) mass is 389 g/mol. The molecular formula is C23H23N3O3. The molecule has 0 bridgehead atoms. The predicted octanol–water partition coefficient (Wildman–Crippen LogP) is 3.55. The van der Waals surface area contributed by atoms with Crippen molar-refractivity contribution in [2.45, 2.75) is 25.4 Å². The third kappa shape index (κ3) is 3.76. The van der Waals surface area contributed by atoms with Gasteiger partial charge in [-0.3, -0.25) is 4.90 Å². The summed E-state index contributed by atoms with van der Waals surface area (Å²) < 4.78 is 11.4. The molecular weight excluding hydrogens is 366 g/mol. The quantitative estimate of drug-likeness (QED) is 0.739. The lowest BCUT2D eigenvalue weighted by atomic mass is 10.0. The fraction of sp³-hybridized carbons (Fsp3) is 0.304. The van der Waals surface area contributed by atoms with E-state index < -0.39 is 0 Å². The van der Waals surface area contributed by atoms with Crippen molar-refractivity contribution in [3.8, 4) is 22.6 Å². The summed E-state index contributed by atoms with van der Waals surface area (Å²) in [4.78, 5) is 20.1. The number of ether oxygens (including phenoxy) is 2. The van der Waals surface area contributed by atoms with E-state index in [2.05, 4.69) is 51.3 Å². The van der Waals surface area contributed by atoms with Crippen LogP contribution in [0.25, 0.3) is 11.1 Å². The lowest BCUT2D eigenvalue weighted by molar-refractivity contribution is 0.170. The van der Waals surface area contributed by atoms with Gasteiger partial charge in [-0.05, 0) is 48.2 Å². The normalized spacial score (nSPS) is 18.7. The summed E-state index contributed by atoms with van der Waals surface area (Å²) >= 11 is 0. The number of H-pyrrole nitrogens is 1. The highest BCUT2D eigenvalue weighted by Gasteiger charge is 2.27. The van der Waals surface area contributed by atoms with Crippen LogP contribution >= 0.6 is 0 Å². The highest BCUT2D eigenvalue weighted by atomic mass is 16.6. The Morgan fingerprint density at radius 2 is 1.86 bits per heavy atom. The number of hydrogen-bond donors (Lipinski definition) is 1. The van der Waals surface area contributed by atoms with Crippen LogP contribution in [0.5, 0.6) is 11.5 Å². The minimum absolute atomic E-state index is 0.329. The molecule has 0 amide bonds. The standard InChI is InChI=1S/C23H23N3O3/c27-23-24-13-19(14-25-23)17-5-3-16(4-6-17)15-26-9-1-2-20(26)18-7-8-21-22(12-18)29-11-10-28-21/h3-8,12-14,20H,1-2,9-11,15H2,(H,24,25,27)/t20-/m1/s1. The van der Waals surface area contributed by atoms with Crippen molar-refractivity contribution in [1.82, 2.24) is 14.9 Å². The van der Waals surface area contributed by atoms with E-state index in [0.29, 0.717) is 19.3 Å². The summed E-state index contributed by atoms with van der Waals surface area (Å²) in [7, 11) is 0. The molecule has 0 saturated carbocycles. The summed E-state index contributed by atoms with van der Waals surface area (Å²) in [5, 5.41) is 0. The fourth-order valence-electron chi connectivity index (χ4n) is 4.20. The Kier molecular flexibility index (Phi) is 4.77. The Bertz CT molecular complexity index is 1040. The zero-order valence-electron chi connectivity index (χ0n) is 16.1. The summed E-state index contributed by atoms with van der Waals surface area (Å²) in [6, 6.07) is 15.2. The van der Waals surface area contributed by atoms with Crippen molar-refractivity contribution < 1.29 is 9.47 Å². The van der Waals surface area contributed by atoms with Gasteiger partial charge in [0.15, 0.2) is 11.5 Å². The lowest BCUT2D eigenvalue weighted by Crippen LogP contribution is -2.23. The van der Waals surface area contributed by atoms with Crippen LogP contribution in [0.1, 0.15) is 30.0 Å². The smallest absolute Gasteiger partial charge is 0.344 e. The van der Waals surface area contributed by atoms with E-state index in [1.807, 2.05) is 6.07 Å². The van der Waals surface area contributed by atoms with E-state index in [-0.39, 0.29) is 5.69 Å². The van der Waals surface area contributed by atoms with Crippen LogP contribution in [-0.4, -0.2) is 34.6 Å². The number of likely N-dealkylation sites (tertiary alicyclic amines) is 1. The van der Waals surface area contributed by atoms with Gasteiger partial charge in [-0.2, -0.15) is 0 Å². The highest BCUT2D eigenvalue weighted by Crippen LogP contribution is 2.38. The van der Waals surface area contributed by atoms with E-state index in [1.165, 1.54) is 17.5 Å². The van der Waals surface area contributed by atoms with Crippen LogP contribution in [0.15, 0.2) is 59.7 Å². The van der Waals surface area contributed by atoms with Gasteiger partial charge in [-0.25, -0.2) is 9.78 Å². The first-order valence-corrected chi connectivity index (χ1v) is 10.0. The average molecular weight is 389 g/mol. The first kappa shape index (κ1) is 17.9. The molecule has 2 aliphatic heterocycles. The van der Waals surface area contributed by atoms with Gasteiger partial charge in [-0.1, -0.05) is 30.3 Å². The van der Waals surface area contributed by atoms with Crippen molar-refractivity contribution in [1.29, 1.82) is 0 Å². The Labute approximate surface area is 169 Å². The Balaban J connectivity index is 1.32. The van der Waals surface area contributed by atoms with Crippen molar-refractivity contribution in [2.24, 2.45) is 0 Å². The summed E-state index contributed by atoms with van der Waals surface area (Å²) in [5.41, 5.74) is 4.19. The van der Waals surface area contributed by atoms with E-state index in [0.717, 1.165) is 42.1 Å². The molecule has 1 N–H and O–H groups in total. The highest BCUT2D eigenvalue weighted by molar-refractivity contribution is 5.61. The molecule has 5 rings (SSSR count). The molecule has 0 radical (unpaired) electrons. The molecule has 3 aromatic rings. The first-order chi connectivity index (χ1) is 14.3. The molecule has 1 atom stereocenters. The molecule has 1 fully saturated rings. The van der Waals surface area contributed by atoms with Crippen LogP contribution in [-0.2, 0) is 6.54 Å². The second-order valence-electron chi connectivity index (χ2n) is 7.54. The number of rotatable bonds is 4. The van der Waals surface area contributed by atoms with Crippen LogP contribution in [0, 0.1) is 0 Å². The van der Waals surface area contributed by atoms with Gasteiger partial charge in [0, 0.05) is 30.5 Å². The summed E-state index contributed by atoms with van der Waals surface area (Å²) in [6.45, 7) is 3.23. The number of benzene rings is 2. The van der Waals surface area contributed by atoms with Gasteiger partial charge in [0.25, 0.3) is 0 Å². The zero-order valence-corrected chi connectivity index (χ0v) is 16.1. The zero-order chi connectivity index (χ0) is 19.6. The summed E-state index contributed by atoms with van der Waals surface area (Å²) in [5.74, 6) is 1.70. The maximum atomic E-state index is 11.1. The minimum atomic E-state index is -0.329. The van der Waals surface area contributed by atoms with Crippen molar-refractivity contribution in [3.05, 3.63) is 76.5 Å². The lowest BCUT2D eigenvalue weighted by Gasteiger charge is -2.26.